The number of hydrogen-bond donors (Lipinski definition) is 2. The Balaban J connectivity index is 3.25. The second-order valence-corrected chi connectivity index (χ2v) is 4.19. The van der Waals surface area contributed by atoms with Gasteiger partial charge in [0, 0.05) is 6.04 Å². The Morgan fingerprint density at radius 3 is 2.31 bits per heavy atom. The fourth-order valence-electron chi connectivity index (χ4n) is 1.11. The molecule has 0 bridgehead atoms. The van der Waals surface area contributed by atoms with Gasteiger partial charge in [-0.1, -0.05) is 20.8 Å². The van der Waals surface area contributed by atoms with E-state index in [1.165, 1.54) is 0 Å². The lowest BCUT2D eigenvalue weighted by Crippen LogP contribution is -2.31. The van der Waals surface area contributed by atoms with E-state index in [-0.39, 0.29) is 6.10 Å². The first-order valence-corrected chi connectivity index (χ1v) is 5.49. The molecule has 0 fully saturated rings. The Labute approximate surface area is 82.7 Å². The van der Waals surface area contributed by atoms with E-state index in [2.05, 4.69) is 26.1 Å². The standard InChI is InChI=1S/C11H25NO/c1-5-11(13)7-6-8-12-10(4)9(2)3/h9-13H,5-8H2,1-4H3. The van der Waals surface area contributed by atoms with Crippen LogP contribution in [0.3, 0.4) is 0 Å². The highest BCUT2D eigenvalue weighted by Crippen LogP contribution is 2.02. The lowest BCUT2D eigenvalue weighted by atomic mass is 10.1. The summed E-state index contributed by atoms with van der Waals surface area (Å²) in [5.74, 6) is 0.691. The van der Waals surface area contributed by atoms with Crippen LogP contribution < -0.4 is 5.32 Å². The van der Waals surface area contributed by atoms with Gasteiger partial charge in [-0.15, -0.1) is 0 Å². The molecule has 0 heterocycles. The zero-order valence-corrected chi connectivity index (χ0v) is 9.51. The van der Waals surface area contributed by atoms with Crippen LogP contribution in [0.2, 0.25) is 0 Å². The van der Waals surface area contributed by atoms with E-state index in [0.717, 1.165) is 25.8 Å². The van der Waals surface area contributed by atoms with Gasteiger partial charge in [0.15, 0.2) is 0 Å². The second kappa shape index (κ2) is 7.34. The van der Waals surface area contributed by atoms with Gasteiger partial charge in [0.25, 0.3) is 0 Å². The van der Waals surface area contributed by atoms with Crippen molar-refractivity contribution >= 4 is 0 Å². The van der Waals surface area contributed by atoms with Crippen molar-refractivity contribution in [2.24, 2.45) is 5.92 Å². The molecule has 13 heavy (non-hydrogen) atoms. The third-order valence-corrected chi connectivity index (χ3v) is 2.65. The molecular weight excluding hydrogens is 162 g/mol. The van der Waals surface area contributed by atoms with E-state index in [4.69, 9.17) is 0 Å². The molecule has 0 aromatic carbocycles. The molecule has 0 saturated carbocycles. The first-order chi connectivity index (χ1) is 6.07. The van der Waals surface area contributed by atoms with Crippen molar-refractivity contribution < 1.29 is 5.11 Å². The average Bonchev–Trinajstić information content (AvgIpc) is 2.11. The van der Waals surface area contributed by atoms with Crippen LogP contribution in [0.4, 0.5) is 0 Å². The summed E-state index contributed by atoms with van der Waals surface area (Å²) >= 11 is 0. The molecule has 2 heteroatoms. The summed E-state index contributed by atoms with van der Waals surface area (Å²) in [5.41, 5.74) is 0. The van der Waals surface area contributed by atoms with Gasteiger partial charge in [-0.25, -0.2) is 0 Å². The molecule has 0 aliphatic rings. The molecule has 0 radical (unpaired) electrons. The molecule has 0 aliphatic heterocycles. The summed E-state index contributed by atoms with van der Waals surface area (Å²) in [6, 6.07) is 0.582. The van der Waals surface area contributed by atoms with Crippen molar-refractivity contribution in [2.45, 2.75) is 59.1 Å². The van der Waals surface area contributed by atoms with Gasteiger partial charge in [-0.3, -0.25) is 0 Å². The number of rotatable bonds is 7. The lowest BCUT2D eigenvalue weighted by molar-refractivity contribution is 0.157. The Bertz CT molecular complexity index is 115. The molecule has 2 unspecified atom stereocenters. The third-order valence-electron chi connectivity index (χ3n) is 2.65. The fraction of sp³-hybridized carbons (Fsp3) is 1.00. The normalized spacial score (nSPS) is 16.2. The lowest BCUT2D eigenvalue weighted by Gasteiger charge is -2.17. The fourth-order valence-corrected chi connectivity index (χ4v) is 1.11. The minimum atomic E-state index is -0.101. The molecule has 2 nitrogen and oxygen atoms in total. The molecule has 0 spiro atoms. The third kappa shape index (κ3) is 7.03. The summed E-state index contributed by atoms with van der Waals surface area (Å²) in [5, 5.41) is 12.8. The predicted molar refractivity (Wildman–Crippen MR) is 57.8 cm³/mol. The summed E-state index contributed by atoms with van der Waals surface area (Å²) in [6.07, 6.45) is 2.77. The predicted octanol–water partition coefficient (Wildman–Crippen LogP) is 2.17. The largest absolute Gasteiger partial charge is 0.393 e. The van der Waals surface area contributed by atoms with Crippen molar-refractivity contribution in [3.63, 3.8) is 0 Å². The highest BCUT2D eigenvalue weighted by Gasteiger charge is 2.05. The quantitative estimate of drug-likeness (QED) is 0.599. The maximum absolute atomic E-state index is 9.30. The van der Waals surface area contributed by atoms with Crippen LogP contribution in [0.5, 0.6) is 0 Å². The van der Waals surface area contributed by atoms with Gasteiger partial charge in [-0.05, 0) is 38.6 Å². The smallest absolute Gasteiger partial charge is 0.0538 e. The summed E-state index contributed by atoms with van der Waals surface area (Å²) in [6.45, 7) is 9.70. The van der Waals surface area contributed by atoms with E-state index in [0.29, 0.717) is 12.0 Å². The first-order valence-electron chi connectivity index (χ1n) is 5.49. The molecule has 0 aliphatic carbocycles. The molecule has 2 atom stereocenters. The highest BCUT2D eigenvalue weighted by atomic mass is 16.3. The summed E-state index contributed by atoms with van der Waals surface area (Å²) < 4.78 is 0. The van der Waals surface area contributed by atoms with Crippen molar-refractivity contribution in [1.29, 1.82) is 0 Å². The number of hydrogen-bond acceptors (Lipinski definition) is 2. The van der Waals surface area contributed by atoms with Gasteiger partial charge in [0.1, 0.15) is 0 Å². The van der Waals surface area contributed by atoms with Crippen LogP contribution in [0.25, 0.3) is 0 Å². The highest BCUT2D eigenvalue weighted by molar-refractivity contribution is 4.64. The Morgan fingerprint density at radius 2 is 1.85 bits per heavy atom. The number of aliphatic hydroxyl groups excluding tert-OH is 1. The van der Waals surface area contributed by atoms with Crippen LogP contribution in [-0.2, 0) is 0 Å². The van der Waals surface area contributed by atoms with Crippen molar-refractivity contribution in [3.05, 3.63) is 0 Å². The van der Waals surface area contributed by atoms with Crippen LogP contribution >= 0.6 is 0 Å². The summed E-state index contributed by atoms with van der Waals surface area (Å²) in [4.78, 5) is 0. The topological polar surface area (TPSA) is 32.3 Å². The van der Waals surface area contributed by atoms with E-state index in [9.17, 15) is 5.11 Å². The van der Waals surface area contributed by atoms with Gasteiger partial charge in [0.2, 0.25) is 0 Å². The molecule has 0 rings (SSSR count). The Kier molecular flexibility index (Phi) is 7.29. The first kappa shape index (κ1) is 12.9. The zero-order valence-electron chi connectivity index (χ0n) is 9.51. The van der Waals surface area contributed by atoms with E-state index >= 15 is 0 Å². The van der Waals surface area contributed by atoms with Crippen molar-refractivity contribution in [2.75, 3.05) is 6.54 Å². The minimum Gasteiger partial charge on any atom is -0.393 e. The second-order valence-electron chi connectivity index (χ2n) is 4.19. The van der Waals surface area contributed by atoms with E-state index in [1.54, 1.807) is 0 Å². The Hall–Kier alpha value is -0.0800. The minimum absolute atomic E-state index is 0.101. The van der Waals surface area contributed by atoms with Crippen LogP contribution in [0.1, 0.15) is 47.0 Å². The van der Waals surface area contributed by atoms with E-state index < -0.39 is 0 Å². The number of aliphatic hydroxyl groups is 1. The van der Waals surface area contributed by atoms with Crippen LogP contribution in [0, 0.1) is 5.92 Å². The van der Waals surface area contributed by atoms with Crippen LogP contribution in [-0.4, -0.2) is 23.8 Å². The zero-order chi connectivity index (χ0) is 10.3. The molecule has 80 valence electrons. The monoisotopic (exact) mass is 187 g/mol. The molecule has 0 aromatic heterocycles. The maximum Gasteiger partial charge on any atom is 0.0538 e. The SMILES string of the molecule is CCC(O)CCCNC(C)C(C)C. The van der Waals surface area contributed by atoms with Crippen molar-refractivity contribution in [1.82, 2.24) is 5.32 Å². The molecule has 0 saturated heterocycles. The molecule has 0 amide bonds. The van der Waals surface area contributed by atoms with Gasteiger partial charge in [0.05, 0.1) is 6.10 Å². The molecular formula is C11H25NO. The van der Waals surface area contributed by atoms with Crippen molar-refractivity contribution in [3.8, 4) is 0 Å². The number of nitrogens with one attached hydrogen (secondary N) is 1. The van der Waals surface area contributed by atoms with E-state index in [1.807, 2.05) is 6.92 Å². The van der Waals surface area contributed by atoms with Crippen LogP contribution in [0.15, 0.2) is 0 Å². The maximum atomic E-state index is 9.30. The summed E-state index contributed by atoms with van der Waals surface area (Å²) in [7, 11) is 0. The average molecular weight is 187 g/mol. The van der Waals surface area contributed by atoms with Gasteiger partial charge in [-0.2, -0.15) is 0 Å². The van der Waals surface area contributed by atoms with Gasteiger partial charge >= 0.3 is 0 Å². The Morgan fingerprint density at radius 1 is 1.23 bits per heavy atom. The molecule has 2 N–H and O–H groups in total. The van der Waals surface area contributed by atoms with Gasteiger partial charge < -0.3 is 10.4 Å². The molecule has 0 aromatic rings.